The lowest BCUT2D eigenvalue weighted by atomic mass is 10.2. The molecule has 0 saturated carbocycles. The Bertz CT molecular complexity index is 816. The smallest absolute Gasteiger partial charge is 0.0528 e. The molecule has 3 aromatic rings. The summed E-state index contributed by atoms with van der Waals surface area (Å²) in [5.74, 6) is 0. The molecule has 1 aromatic heterocycles. The first kappa shape index (κ1) is 15.4. The van der Waals surface area contributed by atoms with E-state index in [1.807, 2.05) is 0 Å². The lowest BCUT2D eigenvalue weighted by Gasteiger charge is -2.20. The van der Waals surface area contributed by atoms with E-state index in [0.717, 1.165) is 6.54 Å². The Morgan fingerprint density at radius 3 is 2.54 bits per heavy atom. The number of likely N-dealkylation sites (tertiary alicyclic amines) is 1. The zero-order valence-electron chi connectivity index (χ0n) is 14.5. The SMILES string of the molecule is CN(C)C1CCN(Cc2ccc(-n3ccc4ccccc43)cc2)C1. The normalized spacial score (nSPS) is 18.7. The number of benzene rings is 2. The van der Waals surface area contributed by atoms with Gasteiger partial charge in [-0.3, -0.25) is 4.90 Å². The molecule has 2 aromatic carbocycles. The second kappa shape index (κ2) is 6.42. The van der Waals surface area contributed by atoms with Gasteiger partial charge < -0.3 is 9.47 Å². The molecule has 3 nitrogen and oxygen atoms in total. The fraction of sp³-hybridized carbons (Fsp3) is 0.333. The second-order valence-electron chi connectivity index (χ2n) is 7.05. The Hall–Kier alpha value is -2.10. The van der Waals surface area contributed by atoms with Crippen LogP contribution < -0.4 is 0 Å². The summed E-state index contributed by atoms with van der Waals surface area (Å²) in [5.41, 5.74) is 3.89. The van der Waals surface area contributed by atoms with Gasteiger partial charge >= 0.3 is 0 Å². The number of fused-ring (bicyclic) bond motifs is 1. The predicted octanol–water partition coefficient (Wildman–Crippen LogP) is 3.77. The molecule has 0 bridgehead atoms. The van der Waals surface area contributed by atoms with Crippen LogP contribution in [-0.4, -0.2) is 47.6 Å². The van der Waals surface area contributed by atoms with E-state index >= 15 is 0 Å². The first-order valence-electron chi connectivity index (χ1n) is 8.75. The first-order chi connectivity index (χ1) is 11.7. The van der Waals surface area contributed by atoms with Crippen LogP contribution in [0.1, 0.15) is 12.0 Å². The molecule has 4 rings (SSSR count). The highest BCUT2D eigenvalue weighted by Crippen LogP contribution is 2.21. The third-order valence-electron chi connectivity index (χ3n) is 5.20. The van der Waals surface area contributed by atoms with E-state index in [-0.39, 0.29) is 0 Å². The molecule has 3 heteroatoms. The van der Waals surface area contributed by atoms with Crippen molar-refractivity contribution in [1.29, 1.82) is 0 Å². The summed E-state index contributed by atoms with van der Waals surface area (Å²) in [6.07, 6.45) is 3.43. The average Bonchev–Trinajstić information content (AvgIpc) is 3.23. The summed E-state index contributed by atoms with van der Waals surface area (Å²) in [6, 6.07) is 20.4. The van der Waals surface area contributed by atoms with Crippen molar-refractivity contribution in [2.75, 3.05) is 27.2 Å². The second-order valence-corrected chi connectivity index (χ2v) is 7.05. The van der Waals surface area contributed by atoms with Gasteiger partial charge in [0.25, 0.3) is 0 Å². The summed E-state index contributed by atoms with van der Waals surface area (Å²) in [5, 5.41) is 1.29. The number of nitrogens with zero attached hydrogens (tertiary/aromatic N) is 3. The van der Waals surface area contributed by atoms with Crippen molar-refractivity contribution in [2.45, 2.75) is 19.0 Å². The maximum atomic E-state index is 2.56. The summed E-state index contributed by atoms with van der Waals surface area (Å²) in [6.45, 7) is 3.43. The Kier molecular flexibility index (Phi) is 4.13. The third kappa shape index (κ3) is 2.97. The van der Waals surface area contributed by atoms with Crippen LogP contribution in [0.4, 0.5) is 0 Å². The lowest BCUT2D eigenvalue weighted by molar-refractivity contribution is 0.264. The average molecular weight is 319 g/mol. The summed E-state index contributed by atoms with van der Waals surface area (Å²) < 4.78 is 2.26. The fourth-order valence-corrected chi connectivity index (χ4v) is 3.71. The van der Waals surface area contributed by atoms with E-state index < -0.39 is 0 Å². The van der Waals surface area contributed by atoms with Crippen molar-refractivity contribution in [3.63, 3.8) is 0 Å². The largest absolute Gasteiger partial charge is 0.317 e. The zero-order valence-corrected chi connectivity index (χ0v) is 14.5. The maximum absolute atomic E-state index is 2.56. The van der Waals surface area contributed by atoms with Crippen molar-refractivity contribution in [2.24, 2.45) is 0 Å². The molecule has 1 unspecified atom stereocenters. The third-order valence-corrected chi connectivity index (χ3v) is 5.20. The van der Waals surface area contributed by atoms with E-state index in [1.165, 1.54) is 41.7 Å². The molecule has 1 atom stereocenters. The van der Waals surface area contributed by atoms with Gasteiger partial charge in [0.1, 0.15) is 0 Å². The number of aromatic nitrogens is 1. The monoisotopic (exact) mass is 319 g/mol. The molecule has 1 fully saturated rings. The molecule has 1 aliphatic rings. The lowest BCUT2D eigenvalue weighted by Crippen LogP contribution is -2.31. The molecular formula is C21H25N3. The van der Waals surface area contributed by atoms with Crippen LogP contribution in [0.15, 0.2) is 60.8 Å². The number of rotatable bonds is 4. The molecule has 2 heterocycles. The molecule has 124 valence electrons. The number of hydrogen-bond acceptors (Lipinski definition) is 2. The number of hydrogen-bond donors (Lipinski definition) is 0. The quantitative estimate of drug-likeness (QED) is 0.725. The Labute approximate surface area is 144 Å². The van der Waals surface area contributed by atoms with E-state index in [0.29, 0.717) is 6.04 Å². The van der Waals surface area contributed by atoms with Crippen LogP contribution in [0.25, 0.3) is 16.6 Å². The van der Waals surface area contributed by atoms with E-state index in [9.17, 15) is 0 Å². The fourth-order valence-electron chi connectivity index (χ4n) is 3.71. The minimum atomic E-state index is 0.704. The van der Waals surface area contributed by atoms with Crippen LogP contribution in [0.5, 0.6) is 0 Å². The van der Waals surface area contributed by atoms with Gasteiger partial charge in [0.2, 0.25) is 0 Å². The van der Waals surface area contributed by atoms with Crippen LogP contribution in [0.3, 0.4) is 0 Å². The van der Waals surface area contributed by atoms with Gasteiger partial charge in [-0.05, 0) is 55.7 Å². The van der Waals surface area contributed by atoms with Crippen molar-refractivity contribution in [3.05, 3.63) is 66.4 Å². The molecule has 1 aliphatic heterocycles. The molecule has 0 N–H and O–H groups in total. The van der Waals surface area contributed by atoms with E-state index in [2.05, 4.69) is 89.3 Å². The summed E-state index contributed by atoms with van der Waals surface area (Å²) >= 11 is 0. The van der Waals surface area contributed by atoms with E-state index in [4.69, 9.17) is 0 Å². The molecule has 1 saturated heterocycles. The van der Waals surface area contributed by atoms with Gasteiger partial charge in [0, 0.05) is 37.6 Å². The van der Waals surface area contributed by atoms with Crippen molar-refractivity contribution >= 4 is 10.9 Å². The molecule has 0 spiro atoms. The Morgan fingerprint density at radius 2 is 1.79 bits per heavy atom. The van der Waals surface area contributed by atoms with Gasteiger partial charge in [-0.25, -0.2) is 0 Å². The van der Waals surface area contributed by atoms with Crippen LogP contribution >= 0.6 is 0 Å². The van der Waals surface area contributed by atoms with E-state index in [1.54, 1.807) is 0 Å². The number of likely N-dealkylation sites (N-methyl/N-ethyl adjacent to an activating group) is 1. The van der Waals surface area contributed by atoms with Crippen molar-refractivity contribution in [1.82, 2.24) is 14.4 Å². The maximum Gasteiger partial charge on any atom is 0.0528 e. The topological polar surface area (TPSA) is 11.4 Å². The van der Waals surface area contributed by atoms with Crippen LogP contribution in [0, 0.1) is 0 Å². The van der Waals surface area contributed by atoms with Crippen LogP contribution in [-0.2, 0) is 6.54 Å². The minimum absolute atomic E-state index is 0.704. The molecule has 24 heavy (non-hydrogen) atoms. The van der Waals surface area contributed by atoms with Gasteiger partial charge in [0.05, 0.1) is 5.52 Å². The molecule has 0 radical (unpaired) electrons. The number of para-hydroxylation sites is 1. The highest BCUT2D eigenvalue weighted by atomic mass is 15.2. The van der Waals surface area contributed by atoms with Gasteiger partial charge in [-0.1, -0.05) is 30.3 Å². The summed E-state index contributed by atoms with van der Waals surface area (Å²) in [7, 11) is 4.37. The summed E-state index contributed by atoms with van der Waals surface area (Å²) in [4.78, 5) is 4.91. The minimum Gasteiger partial charge on any atom is -0.317 e. The van der Waals surface area contributed by atoms with Crippen molar-refractivity contribution in [3.8, 4) is 5.69 Å². The first-order valence-corrected chi connectivity index (χ1v) is 8.75. The highest BCUT2D eigenvalue weighted by Gasteiger charge is 2.23. The predicted molar refractivity (Wildman–Crippen MR) is 101 cm³/mol. The molecular weight excluding hydrogens is 294 g/mol. The van der Waals surface area contributed by atoms with Gasteiger partial charge in [-0.2, -0.15) is 0 Å². The molecule has 0 amide bonds. The van der Waals surface area contributed by atoms with Gasteiger partial charge in [0.15, 0.2) is 0 Å². The van der Waals surface area contributed by atoms with Crippen LogP contribution in [0.2, 0.25) is 0 Å². The van der Waals surface area contributed by atoms with Gasteiger partial charge in [-0.15, -0.1) is 0 Å². The highest BCUT2D eigenvalue weighted by molar-refractivity contribution is 5.81. The van der Waals surface area contributed by atoms with Crippen molar-refractivity contribution < 1.29 is 0 Å². The standard InChI is InChI=1S/C21H25N3/c1-22(2)20-12-13-23(16-20)15-17-7-9-19(10-8-17)24-14-11-18-5-3-4-6-21(18)24/h3-11,14,20H,12-13,15-16H2,1-2H3. The Morgan fingerprint density at radius 1 is 1.00 bits per heavy atom. The zero-order chi connectivity index (χ0) is 16.5. The molecule has 0 aliphatic carbocycles. The Balaban J connectivity index is 1.49.